The second-order valence-electron chi connectivity index (χ2n) is 7.32. The molecule has 1 fully saturated rings. The molecule has 29 heavy (non-hydrogen) atoms. The zero-order valence-electron chi connectivity index (χ0n) is 16.4. The minimum atomic E-state index is -0.231. The Kier molecular flexibility index (Phi) is 6.21. The number of thiazole rings is 1. The first kappa shape index (κ1) is 20.0. The number of fused-ring (bicyclic) bond motifs is 1. The highest BCUT2D eigenvalue weighted by Gasteiger charge is 2.22. The molecule has 2 aromatic carbocycles. The van der Waals surface area contributed by atoms with Crippen LogP contribution in [0.2, 0.25) is 5.02 Å². The van der Waals surface area contributed by atoms with Crippen molar-refractivity contribution < 1.29 is 9.53 Å². The maximum atomic E-state index is 12.6. The summed E-state index contributed by atoms with van der Waals surface area (Å²) in [7, 11) is 0. The summed E-state index contributed by atoms with van der Waals surface area (Å²) in [5.74, 6) is 0.179. The van der Waals surface area contributed by atoms with E-state index in [4.69, 9.17) is 21.3 Å². The summed E-state index contributed by atoms with van der Waals surface area (Å²) in [5.41, 5.74) is 2.14. The van der Waals surface area contributed by atoms with Crippen LogP contribution in [0.15, 0.2) is 48.5 Å². The number of benzene rings is 2. The van der Waals surface area contributed by atoms with E-state index in [-0.39, 0.29) is 12.0 Å². The number of carbonyl (C=O) groups excluding carboxylic acids is 1. The van der Waals surface area contributed by atoms with Crippen molar-refractivity contribution in [2.45, 2.75) is 19.3 Å². The molecule has 1 amide bonds. The van der Waals surface area contributed by atoms with Gasteiger partial charge in [-0.1, -0.05) is 60.2 Å². The van der Waals surface area contributed by atoms with Crippen LogP contribution in [0.3, 0.4) is 0 Å². The van der Waals surface area contributed by atoms with Gasteiger partial charge in [0.25, 0.3) is 0 Å². The average molecular weight is 430 g/mol. The van der Waals surface area contributed by atoms with Crippen LogP contribution in [-0.4, -0.2) is 48.8 Å². The van der Waals surface area contributed by atoms with Gasteiger partial charge in [-0.15, -0.1) is 0 Å². The molecule has 1 saturated heterocycles. The number of hydrogen-bond donors (Lipinski definition) is 0. The Morgan fingerprint density at radius 1 is 1.17 bits per heavy atom. The van der Waals surface area contributed by atoms with Crippen molar-refractivity contribution in [3.63, 3.8) is 0 Å². The molecule has 1 aromatic heterocycles. The molecular weight excluding hydrogens is 406 g/mol. The first-order valence-electron chi connectivity index (χ1n) is 9.88. The van der Waals surface area contributed by atoms with E-state index < -0.39 is 0 Å². The highest BCUT2D eigenvalue weighted by Crippen LogP contribution is 2.31. The molecule has 0 N–H and O–H groups in total. The monoisotopic (exact) mass is 429 g/mol. The second-order valence-corrected chi connectivity index (χ2v) is 8.77. The Balaban J connectivity index is 1.33. The van der Waals surface area contributed by atoms with E-state index in [0.29, 0.717) is 19.7 Å². The molecule has 1 unspecified atom stereocenters. The lowest BCUT2D eigenvalue weighted by atomic mass is 10.0. The molecule has 1 aliphatic heterocycles. The van der Waals surface area contributed by atoms with E-state index in [9.17, 15) is 4.79 Å². The standard InChI is InChI=1S/C22H24ClN3O2S/c1-16(17-6-3-2-4-7-17)15-28-22(27)26-11-5-10-25(12-13-26)21-24-19-9-8-18(23)14-20(19)29-21/h2-4,6-9,14,16H,5,10-13,15H2,1H3. The zero-order valence-corrected chi connectivity index (χ0v) is 18.0. The summed E-state index contributed by atoms with van der Waals surface area (Å²) in [6.07, 6.45) is 0.658. The van der Waals surface area contributed by atoms with Crippen molar-refractivity contribution in [1.29, 1.82) is 0 Å². The average Bonchev–Trinajstić information content (AvgIpc) is 2.99. The Morgan fingerprint density at radius 2 is 2.00 bits per heavy atom. The Labute approximate surface area is 179 Å². The number of amides is 1. The predicted molar refractivity (Wildman–Crippen MR) is 119 cm³/mol. The van der Waals surface area contributed by atoms with Gasteiger partial charge in [-0.25, -0.2) is 9.78 Å². The summed E-state index contributed by atoms with van der Waals surface area (Å²) < 4.78 is 6.68. The molecule has 0 bridgehead atoms. The number of hydrogen-bond acceptors (Lipinski definition) is 5. The minimum Gasteiger partial charge on any atom is -0.449 e. The molecule has 1 aliphatic rings. The van der Waals surface area contributed by atoms with Crippen LogP contribution < -0.4 is 4.90 Å². The van der Waals surface area contributed by atoms with E-state index in [1.165, 1.54) is 5.56 Å². The van der Waals surface area contributed by atoms with E-state index in [1.54, 1.807) is 11.3 Å². The van der Waals surface area contributed by atoms with Gasteiger partial charge in [-0.3, -0.25) is 0 Å². The number of carbonyl (C=O) groups is 1. The summed E-state index contributed by atoms with van der Waals surface area (Å²) >= 11 is 7.74. The second kappa shape index (κ2) is 9.01. The van der Waals surface area contributed by atoms with Crippen LogP contribution >= 0.6 is 22.9 Å². The third-order valence-electron chi connectivity index (χ3n) is 5.19. The zero-order chi connectivity index (χ0) is 20.2. The number of rotatable bonds is 4. The van der Waals surface area contributed by atoms with Gasteiger partial charge < -0.3 is 14.5 Å². The van der Waals surface area contributed by atoms with E-state index in [1.807, 2.05) is 41.3 Å². The molecule has 7 heteroatoms. The number of anilines is 1. The maximum absolute atomic E-state index is 12.6. The smallest absolute Gasteiger partial charge is 0.409 e. The highest BCUT2D eigenvalue weighted by atomic mass is 35.5. The van der Waals surface area contributed by atoms with Crippen molar-refractivity contribution in [1.82, 2.24) is 9.88 Å². The third kappa shape index (κ3) is 4.82. The van der Waals surface area contributed by atoms with Crippen molar-refractivity contribution in [3.8, 4) is 0 Å². The quantitative estimate of drug-likeness (QED) is 0.556. The number of nitrogens with zero attached hydrogens (tertiary/aromatic N) is 3. The fourth-order valence-corrected chi connectivity index (χ4v) is 4.77. The SMILES string of the molecule is CC(COC(=O)N1CCCN(c2nc3ccc(Cl)cc3s2)CC1)c1ccccc1. The molecule has 0 aliphatic carbocycles. The van der Waals surface area contributed by atoms with Gasteiger partial charge in [0, 0.05) is 37.1 Å². The van der Waals surface area contributed by atoms with Gasteiger partial charge in [0.15, 0.2) is 5.13 Å². The number of halogens is 1. The van der Waals surface area contributed by atoms with Crippen LogP contribution in [0.5, 0.6) is 0 Å². The predicted octanol–water partition coefficient (Wildman–Crippen LogP) is 5.40. The van der Waals surface area contributed by atoms with Crippen LogP contribution in [0.1, 0.15) is 24.8 Å². The molecule has 0 saturated carbocycles. The molecule has 3 aromatic rings. The van der Waals surface area contributed by atoms with Crippen LogP contribution in [-0.2, 0) is 4.74 Å². The van der Waals surface area contributed by atoms with Crippen molar-refractivity contribution in [3.05, 3.63) is 59.1 Å². The fraction of sp³-hybridized carbons (Fsp3) is 0.364. The van der Waals surface area contributed by atoms with Crippen molar-refractivity contribution >= 4 is 44.4 Å². The lowest BCUT2D eigenvalue weighted by Gasteiger charge is -2.22. The van der Waals surface area contributed by atoms with Crippen LogP contribution in [0, 0.1) is 0 Å². The Hall–Kier alpha value is -2.31. The Morgan fingerprint density at radius 3 is 2.83 bits per heavy atom. The van der Waals surface area contributed by atoms with Crippen LogP contribution in [0.4, 0.5) is 9.93 Å². The molecule has 0 spiro atoms. The number of ether oxygens (including phenoxy) is 1. The van der Waals surface area contributed by atoms with Gasteiger partial charge in [0.1, 0.15) is 0 Å². The summed E-state index contributed by atoms with van der Waals surface area (Å²) in [6.45, 7) is 5.42. The summed E-state index contributed by atoms with van der Waals surface area (Å²) in [6, 6.07) is 15.9. The molecule has 152 valence electrons. The van der Waals surface area contributed by atoms with E-state index >= 15 is 0 Å². The third-order valence-corrected chi connectivity index (χ3v) is 6.50. The molecular formula is C22H24ClN3O2S. The van der Waals surface area contributed by atoms with Gasteiger partial charge in [0.05, 0.1) is 16.8 Å². The largest absolute Gasteiger partial charge is 0.449 e. The van der Waals surface area contributed by atoms with E-state index in [2.05, 4.69) is 24.0 Å². The molecule has 1 atom stereocenters. The normalized spacial score (nSPS) is 15.9. The highest BCUT2D eigenvalue weighted by molar-refractivity contribution is 7.22. The number of aromatic nitrogens is 1. The first-order chi connectivity index (χ1) is 14.1. The van der Waals surface area contributed by atoms with Gasteiger partial charge in [-0.2, -0.15) is 0 Å². The summed E-state index contributed by atoms with van der Waals surface area (Å²) in [5, 5.41) is 1.71. The molecule has 0 radical (unpaired) electrons. The van der Waals surface area contributed by atoms with Crippen LogP contribution in [0.25, 0.3) is 10.2 Å². The minimum absolute atomic E-state index is 0.179. The van der Waals surface area contributed by atoms with Gasteiger partial charge in [-0.05, 0) is 30.2 Å². The lowest BCUT2D eigenvalue weighted by molar-refractivity contribution is 0.100. The summed E-state index contributed by atoms with van der Waals surface area (Å²) in [4.78, 5) is 21.4. The molecule has 5 nitrogen and oxygen atoms in total. The van der Waals surface area contributed by atoms with Gasteiger partial charge in [0.2, 0.25) is 0 Å². The van der Waals surface area contributed by atoms with E-state index in [0.717, 1.165) is 39.9 Å². The molecule has 2 heterocycles. The molecule has 4 rings (SSSR count). The topological polar surface area (TPSA) is 45.7 Å². The fourth-order valence-electron chi connectivity index (χ4n) is 3.48. The Bertz CT molecular complexity index is 979. The van der Waals surface area contributed by atoms with Crippen molar-refractivity contribution in [2.24, 2.45) is 0 Å². The lowest BCUT2D eigenvalue weighted by Crippen LogP contribution is -2.36. The van der Waals surface area contributed by atoms with Gasteiger partial charge >= 0.3 is 6.09 Å². The van der Waals surface area contributed by atoms with Crippen molar-refractivity contribution in [2.75, 3.05) is 37.7 Å². The first-order valence-corrected chi connectivity index (χ1v) is 11.1. The maximum Gasteiger partial charge on any atom is 0.409 e.